The molecule has 5 nitrogen and oxygen atoms in total. The first-order valence-electron chi connectivity index (χ1n) is 9.04. The van der Waals surface area contributed by atoms with E-state index in [1.165, 1.54) is 35.2 Å². The maximum atomic E-state index is 4.33. The summed E-state index contributed by atoms with van der Waals surface area (Å²) in [7, 11) is 1.97. The molecule has 3 aromatic rings. The third kappa shape index (κ3) is 3.82. The number of nitrogens with zero attached hydrogens (tertiary/aromatic N) is 4. The second-order valence-electron chi connectivity index (χ2n) is 7.04. The Morgan fingerprint density at radius 1 is 1.08 bits per heavy atom. The Morgan fingerprint density at radius 2 is 1.88 bits per heavy atom. The number of likely N-dealkylation sites (tertiary alicyclic amines) is 1. The minimum absolute atomic E-state index is 0.589. The molecule has 0 unspecified atom stereocenters. The lowest BCUT2D eigenvalue weighted by Gasteiger charge is -2.31. The SMILES string of the molecule is Cn1cc(CN2CCC(c3[nH]ncc3Cc3ccccc3)CC2)cn1. The lowest BCUT2D eigenvalue weighted by Crippen LogP contribution is -2.32. The number of hydrogen-bond acceptors (Lipinski definition) is 3. The predicted molar refractivity (Wildman–Crippen MR) is 98.3 cm³/mol. The van der Waals surface area contributed by atoms with Crippen molar-refractivity contribution in [3.8, 4) is 0 Å². The molecule has 3 heterocycles. The molecule has 1 aromatic carbocycles. The quantitative estimate of drug-likeness (QED) is 0.779. The number of aromatic nitrogens is 4. The van der Waals surface area contributed by atoms with Gasteiger partial charge in [0.15, 0.2) is 0 Å². The number of nitrogens with one attached hydrogen (secondary N) is 1. The number of benzene rings is 1. The van der Waals surface area contributed by atoms with Crippen LogP contribution in [-0.2, 0) is 20.0 Å². The van der Waals surface area contributed by atoms with Crippen molar-refractivity contribution in [1.82, 2.24) is 24.9 Å². The van der Waals surface area contributed by atoms with Crippen LogP contribution >= 0.6 is 0 Å². The second kappa shape index (κ2) is 7.23. The highest BCUT2D eigenvalue weighted by Crippen LogP contribution is 2.30. The van der Waals surface area contributed by atoms with Crippen molar-refractivity contribution in [2.24, 2.45) is 7.05 Å². The molecule has 0 atom stereocenters. The molecule has 1 saturated heterocycles. The summed E-state index contributed by atoms with van der Waals surface area (Å²) in [5.74, 6) is 0.589. The van der Waals surface area contributed by atoms with Gasteiger partial charge in [0.1, 0.15) is 0 Å². The standard InChI is InChI=1S/C20H25N5/c1-24-14-17(12-22-24)15-25-9-7-18(8-10-25)20-19(13-21-23-20)11-16-5-3-2-4-6-16/h2-6,12-14,18H,7-11,15H2,1H3,(H,21,23). The lowest BCUT2D eigenvalue weighted by molar-refractivity contribution is 0.203. The van der Waals surface area contributed by atoms with Gasteiger partial charge in [0.05, 0.1) is 12.4 Å². The highest BCUT2D eigenvalue weighted by molar-refractivity contribution is 5.29. The van der Waals surface area contributed by atoms with Crippen LogP contribution in [0.25, 0.3) is 0 Å². The highest BCUT2D eigenvalue weighted by Gasteiger charge is 2.24. The van der Waals surface area contributed by atoms with Gasteiger partial charge in [-0.25, -0.2) is 0 Å². The number of H-pyrrole nitrogens is 1. The second-order valence-corrected chi connectivity index (χ2v) is 7.04. The van der Waals surface area contributed by atoms with Crippen LogP contribution in [0.15, 0.2) is 48.9 Å². The zero-order chi connectivity index (χ0) is 17.1. The van der Waals surface area contributed by atoms with E-state index in [4.69, 9.17) is 0 Å². The Bertz CT molecular complexity index is 796. The molecule has 0 saturated carbocycles. The predicted octanol–water partition coefficient (Wildman–Crippen LogP) is 3.11. The van der Waals surface area contributed by atoms with E-state index in [1.807, 2.05) is 24.1 Å². The van der Waals surface area contributed by atoms with E-state index in [0.29, 0.717) is 5.92 Å². The van der Waals surface area contributed by atoms with Gasteiger partial charge in [-0.05, 0) is 37.1 Å². The first-order chi connectivity index (χ1) is 12.3. The van der Waals surface area contributed by atoms with E-state index in [1.54, 1.807) is 0 Å². The Morgan fingerprint density at radius 3 is 2.60 bits per heavy atom. The zero-order valence-electron chi connectivity index (χ0n) is 14.7. The fourth-order valence-electron chi connectivity index (χ4n) is 3.82. The van der Waals surface area contributed by atoms with E-state index in [2.05, 4.69) is 56.7 Å². The molecular weight excluding hydrogens is 310 g/mol. The smallest absolute Gasteiger partial charge is 0.0534 e. The summed E-state index contributed by atoms with van der Waals surface area (Å²) in [5.41, 5.74) is 5.33. The summed E-state index contributed by atoms with van der Waals surface area (Å²) in [6, 6.07) is 10.6. The normalized spacial score (nSPS) is 16.4. The summed E-state index contributed by atoms with van der Waals surface area (Å²) in [4.78, 5) is 2.53. The highest BCUT2D eigenvalue weighted by atomic mass is 15.2. The van der Waals surface area contributed by atoms with E-state index in [-0.39, 0.29) is 0 Å². The molecule has 2 aromatic heterocycles. The number of aromatic amines is 1. The summed E-state index contributed by atoms with van der Waals surface area (Å²) in [5, 5.41) is 11.9. The zero-order valence-corrected chi connectivity index (χ0v) is 14.7. The van der Waals surface area contributed by atoms with Crippen molar-refractivity contribution >= 4 is 0 Å². The monoisotopic (exact) mass is 335 g/mol. The molecule has 5 heteroatoms. The van der Waals surface area contributed by atoms with Crippen molar-refractivity contribution < 1.29 is 0 Å². The van der Waals surface area contributed by atoms with Crippen LogP contribution in [0.5, 0.6) is 0 Å². The first-order valence-corrected chi connectivity index (χ1v) is 9.04. The van der Waals surface area contributed by atoms with Gasteiger partial charge in [-0.15, -0.1) is 0 Å². The molecule has 0 radical (unpaired) electrons. The minimum atomic E-state index is 0.589. The first kappa shape index (κ1) is 16.1. The van der Waals surface area contributed by atoms with E-state index >= 15 is 0 Å². The Balaban J connectivity index is 1.37. The third-order valence-electron chi connectivity index (χ3n) is 5.15. The fraction of sp³-hybridized carbons (Fsp3) is 0.400. The molecule has 0 spiro atoms. The van der Waals surface area contributed by atoms with Gasteiger partial charge in [0.25, 0.3) is 0 Å². The summed E-state index contributed by atoms with van der Waals surface area (Å²) < 4.78 is 1.88. The molecule has 4 rings (SSSR count). The summed E-state index contributed by atoms with van der Waals surface area (Å²) in [6.45, 7) is 3.26. The average Bonchev–Trinajstić information content (AvgIpc) is 3.26. The van der Waals surface area contributed by atoms with E-state index in [0.717, 1.165) is 26.1 Å². The van der Waals surface area contributed by atoms with Crippen LogP contribution < -0.4 is 0 Å². The van der Waals surface area contributed by atoms with Crippen LogP contribution in [-0.4, -0.2) is 38.0 Å². The Kier molecular flexibility index (Phi) is 4.65. The molecule has 0 bridgehead atoms. The molecule has 130 valence electrons. The molecular formula is C20H25N5. The maximum Gasteiger partial charge on any atom is 0.0534 e. The maximum absolute atomic E-state index is 4.33. The molecule has 25 heavy (non-hydrogen) atoms. The Hall–Kier alpha value is -2.40. The van der Waals surface area contributed by atoms with Gasteiger partial charge in [-0.1, -0.05) is 30.3 Å². The van der Waals surface area contributed by atoms with Gasteiger partial charge in [0.2, 0.25) is 0 Å². The lowest BCUT2D eigenvalue weighted by atomic mass is 9.89. The van der Waals surface area contributed by atoms with Crippen LogP contribution in [0.3, 0.4) is 0 Å². The van der Waals surface area contributed by atoms with Crippen molar-refractivity contribution in [1.29, 1.82) is 0 Å². The van der Waals surface area contributed by atoms with Crippen LogP contribution in [0.2, 0.25) is 0 Å². The molecule has 1 fully saturated rings. The van der Waals surface area contributed by atoms with Crippen LogP contribution in [0.4, 0.5) is 0 Å². The topological polar surface area (TPSA) is 49.7 Å². The minimum Gasteiger partial charge on any atom is -0.299 e. The van der Waals surface area contributed by atoms with Crippen LogP contribution in [0.1, 0.15) is 41.1 Å². The molecule has 0 aliphatic carbocycles. The number of hydrogen-bond donors (Lipinski definition) is 1. The summed E-state index contributed by atoms with van der Waals surface area (Å²) in [6.07, 6.45) is 9.42. The van der Waals surface area contributed by atoms with Crippen molar-refractivity contribution in [2.75, 3.05) is 13.1 Å². The summed E-state index contributed by atoms with van der Waals surface area (Å²) >= 11 is 0. The molecule has 1 aliphatic heterocycles. The third-order valence-corrected chi connectivity index (χ3v) is 5.15. The van der Waals surface area contributed by atoms with Gasteiger partial charge >= 0.3 is 0 Å². The molecule has 1 aliphatic rings. The number of piperidine rings is 1. The Labute approximate surface area is 148 Å². The average molecular weight is 335 g/mol. The number of rotatable bonds is 5. The fourth-order valence-corrected chi connectivity index (χ4v) is 3.82. The molecule has 1 N–H and O–H groups in total. The van der Waals surface area contributed by atoms with Crippen LogP contribution in [0, 0.1) is 0 Å². The van der Waals surface area contributed by atoms with Gasteiger partial charge in [0, 0.05) is 43.4 Å². The van der Waals surface area contributed by atoms with Gasteiger partial charge in [-0.3, -0.25) is 14.7 Å². The van der Waals surface area contributed by atoms with Crippen molar-refractivity contribution in [3.05, 3.63) is 71.3 Å². The van der Waals surface area contributed by atoms with Crippen molar-refractivity contribution in [2.45, 2.75) is 31.7 Å². The van der Waals surface area contributed by atoms with Gasteiger partial charge in [-0.2, -0.15) is 10.2 Å². The van der Waals surface area contributed by atoms with Crippen molar-refractivity contribution in [3.63, 3.8) is 0 Å². The largest absolute Gasteiger partial charge is 0.299 e. The van der Waals surface area contributed by atoms with E-state index < -0.39 is 0 Å². The molecule has 0 amide bonds. The van der Waals surface area contributed by atoms with Gasteiger partial charge < -0.3 is 0 Å². The van der Waals surface area contributed by atoms with E-state index in [9.17, 15) is 0 Å². The number of aryl methyl sites for hydroxylation is 1.